The van der Waals surface area contributed by atoms with Gasteiger partial charge in [-0.15, -0.1) is 0 Å². The molecule has 2 aliphatic heterocycles. The van der Waals surface area contributed by atoms with Crippen molar-refractivity contribution in [2.75, 3.05) is 13.2 Å². The lowest BCUT2D eigenvalue weighted by molar-refractivity contribution is 0.0300. The number of cyclic esters (lactones) is 1. The molecule has 0 aromatic carbocycles. The first-order chi connectivity index (χ1) is 10.6. The zero-order chi connectivity index (χ0) is 17.0. The number of hydrogen-bond acceptors (Lipinski definition) is 4. The number of ether oxygens (including phenoxy) is 1. The maximum atomic E-state index is 11.7. The van der Waals surface area contributed by atoms with Crippen LogP contribution in [0.4, 0.5) is 4.79 Å². The second-order valence-corrected chi connectivity index (χ2v) is 13.2. The largest absolute Gasteiger partial charge is 0.447 e. The minimum atomic E-state index is -1.90. The molecule has 1 N–H and O–H groups in total. The summed E-state index contributed by atoms with van der Waals surface area (Å²) in [6, 6.07) is 0.0368. The summed E-state index contributed by atoms with van der Waals surface area (Å²) in [5.41, 5.74) is 2.31. The normalized spacial score (nSPS) is 31.8. The first kappa shape index (κ1) is 17.0. The number of hydrogen-bond donors (Lipinski definition) is 1. The van der Waals surface area contributed by atoms with E-state index in [4.69, 9.17) is 9.16 Å². The van der Waals surface area contributed by atoms with Crippen molar-refractivity contribution in [3.05, 3.63) is 11.1 Å². The molecule has 0 spiro atoms. The van der Waals surface area contributed by atoms with Crippen molar-refractivity contribution < 1.29 is 19.1 Å². The molecule has 1 aliphatic carbocycles. The van der Waals surface area contributed by atoms with Gasteiger partial charge in [-0.25, -0.2) is 4.79 Å². The molecule has 130 valence electrons. The topological polar surface area (TPSA) is 59.0 Å². The predicted octanol–water partition coefficient (Wildman–Crippen LogP) is 3.05. The monoisotopic (exact) mass is 339 g/mol. The number of aliphatic hydroxyl groups is 1. The third-order valence-corrected chi connectivity index (χ3v) is 10.6. The maximum absolute atomic E-state index is 11.7. The number of carbonyl (C=O) groups excluding carboxylic acids is 1. The van der Waals surface area contributed by atoms with Crippen LogP contribution in [-0.2, 0) is 9.16 Å². The molecule has 1 saturated heterocycles. The molecule has 5 nitrogen and oxygen atoms in total. The van der Waals surface area contributed by atoms with Crippen LogP contribution in [-0.4, -0.2) is 55.8 Å². The number of rotatable bonds is 2. The average Bonchev–Trinajstić information content (AvgIpc) is 2.82. The molecule has 2 heterocycles. The lowest BCUT2D eigenvalue weighted by Crippen LogP contribution is -2.51. The summed E-state index contributed by atoms with van der Waals surface area (Å²) >= 11 is 0. The SMILES string of the molecule is CC(C)(C)[Si](C)(C)O[C@H]1CCC2=C(CCN3C(=O)OC[C@H]23)[C@H]1O. The van der Waals surface area contributed by atoms with Crippen LogP contribution in [0, 0.1) is 0 Å². The van der Waals surface area contributed by atoms with E-state index in [9.17, 15) is 9.90 Å². The molecule has 3 aliphatic rings. The standard InChI is InChI=1S/C17H29NO4Si/c1-17(2,3)23(4,5)22-14-7-6-11-12(15(14)19)8-9-18-13(11)10-21-16(18)20/h13-15,19H,6-10H2,1-5H3/t13-,14+,15-/m1/s1. The van der Waals surface area contributed by atoms with E-state index in [0.29, 0.717) is 13.2 Å². The summed E-state index contributed by atoms with van der Waals surface area (Å²) in [7, 11) is -1.90. The molecule has 0 unspecified atom stereocenters. The van der Waals surface area contributed by atoms with Gasteiger partial charge in [0.05, 0.1) is 12.1 Å². The Morgan fingerprint density at radius 1 is 1.26 bits per heavy atom. The summed E-state index contributed by atoms with van der Waals surface area (Å²) in [6.45, 7) is 12.2. The summed E-state index contributed by atoms with van der Waals surface area (Å²) < 4.78 is 11.7. The molecule has 3 atom stereocenters. The van der Waals surface area contributed by atoms with E-state index >= 15 is 0 Å². The van der Waals surface area contributed by atoms with E-state index in [0.717, 1.165) is 24.8 Å². The molecule has 0 radical (unpaired) electrons. The van der Waals surface area contributed by atoms with Crippen LogP contribution in [0.25, 0.3) is 0 Å². The van der Waals surface area contributed by atoms with Gasteiger partial charge in [0.1, 0.15) is 12.7 Å². The number of fused-ring (bicyclic) bond motifs is 2. The molecular formula is C17H29NO4Si. The van der Waals surface area contributed by atoms with Gasteiger partial charge in [0, 0.05) is 6.54 Å². The van der Waals surface area contributed by atoms with Crippen LogP contribution in [0.15, 0.2) is 11.1 Å². The van der Waals surface area contributed by atoms with Crippen molar-refractivity contribution in [1.82, 2.24) is 4.90 Å². The van der Waals surface area contributed by atoms with Gasteiger partial charge in [-0.1, -0.05) is 20.8 Å². The van der Waals surface area contributed by atoms with Crippen molar-refractivity contribution in [2.45, 2.75) is 76.4 Å². The number of carbonyl (C=O) groups is 1. The minimum absolute atomic E-state index is 0.0368. The molecule has 23 heavy (non-hydrogen) atoms. The lowest BCUT2D eigenvalue weighted by Gasteiger charge is -2.44. The van der Waals surface area contributed by atoms with Gasteiger partial charge in [-0.05, 0) is 48.5 Å². The highest BCUT2D eigenvalue weighted by molar-refractivity contribution is 6.74. The Kier molecular flexibility index (Phi) is 4.14. The van der Waals surface area contributed by atoms with E-state index in [1.54, 1.807) is 4.90 Å². The first-order valence-corrected chi connectivity index (χ1v) is 11.5. The molecule has 0 bridgehead atoms. The van der Waals surface area contributed by atoms with Crippen molar-refractivity contribution in [3.63, 3.8) is 0 Å². The second kappa shape index (κ2) is 5.60. The predicted molar refractivity (Wildman–Crippen MR) is 90.8 cm³/mol. The van der Waals surface area contributed by atoms with E-state index in [-0.39, 0.29) is 23.3 Å². The van der Waals surface area contributed by atoms with Gasteiger partial charge >= 0.3 is 6.09 Å². The van der Waals surface area contributed by atoms with Crippen LogP contribution < -0.4 is 0 Å². The van der Waals surface area contributed by atoms with Crippen molar-refractivity contribution >= 4 is 14.4 Å². The number of aliphatic hydroxyl groups excluding tert-OH is 1. The lowest BCUT2D eigenvalue weighted by atomic mass is 9.80. The van der Waals surface area contributed by atoms with Gasteiger partial charge in [-0.2, -0.15) is 0 Å². The molecule has 1 fully saturated rings. The van der Waals surface area contributed by atoms with Gasteiger partial charge < -0.3 is 14.3 Å². The van der Waals surface area contributed by atoms with E-state index < -0.39 is 14.4 Å². The Morgan fingerprint density at radius 2 is 1.96 bits per heavy atom. The fourth-order valence-electron chi connectivity index (χ4n) is 3.63. The Morgan fingerprint density at radius 3 is 2.61 bits per heavy atom. The summed E-state index contributed by atoms with van der Waals surface area (Å²) in [4.78, 5) is 13.5. The highest BCUT2D eigenvalue weighted by Gasteiger charge is 2.46. The fourth-order valence-corrected chi connectivity index (χ4v) is 4.98. The van der Waals surface area contributed by atoms with Gasteiger partial charge in [0.2, 0.25) is 0 Å². The summed E-state index contributed by atoms with van der Waals surface area (Å²) in [6.07, 6.45) is 1.59. The van der Waals surface area contributed by atoms with Crippen molar-refractivity contribution in [2.24, 2.45) is 0 Å². The third kappa shape index (κ3) is 2.85. The van der Waals surface area contributed by atoms with Gasteiger partial charge in [0.15, 0.2) is 8.32 Å². The Labute approximate surface area is 139 Å². The Hall–Kier alpha value is -0.853. The minimum Gasteiger partial charge on any atom is -0.447 e. The third-order valence-electron chi connectivity index (χ3n) is 6.07. The molecule has 3 rings (SSSR count). The van der Waals surface area contributed by atoms with Gasteiger partial charge in [0.25, 0.3) is 0 Å². The van der Waals surface area contributed by atoms with Crippen LogP contribution >= 0.6 is 0 Å². The van der Waals surface area contributed by atoms with Gasteiger partial charge in [-0.3, -0.25) is 4.90 Å². The van der Waals surface area contributed by atoms with Crippen LogP contribution in [0.3, 0.4) is 0 Å². The molecule has 6 heteroatoms. The number of amides is 1. The summed E-state index contributed by atoms with van der Waals surface area (Å²) in [5, 5.41) is 11.0. The highest BCUT2D eigenvalue weighted by Crippen LogP contribution is 2.42. The number of nitrogens with zero attached hydrogens (tertiary/aromatic N) is 1. The van der Waals surface area contributed by atoms with Crippen LogP contribution in [0.2, 0.25) is 18.1 Å². The van der Waals surface area contributed by atoms with E-state index in [2.05, 4.69) is 33.9 Å². The van der Waals surface area contributed by atoms with Crippen molar-refractivity contribution in [1.29, 1.82) is 0 Å². The average molecular weight is 340 g/mol. The maximum Gasteiger partial charge on any atom is 0.410 e. The van der Waals surface area contributed by atoms with Crippen LogP contribution in [0.5, 0.6) is 0 Å². The second-order valence-electron chi connectivity index (χ2n) is 8.49. The zero-order valence-corrected chi connectivity index (χ0v) is 15.9. The Bertz CT molecular complexity index is 537. The smallest absolute Gasteiger partial charge is 0.410 e. The summed E-state index contributed by atoms with van der Waals surface area (Å²) in [5.74, 6) is 0. The molecule has 0 aromatic rings. The molecule has 0 saturated carbocycles. The molecular weight excluding hydrogens is 310 g/mol. The Balaban J connectivity index is 1.78. The molecule has 1 amide bonds. The van der Waals surface area contributed by atoms with Crippen molar-refractivity contribution in [3.8, 4) is 0 Å². The van der Waals surface area contributed by atoms with E-state index in [1.807, 2.05) is 0 Å². The zero-order valence-electron chi connectivity index (χ0n) is 14.9. The highest BCUT2D eigenvalue weighted by atomic mass is 28.4. The first-order valence-electron chi connectivity index (χ1n) is 8.63. The quantitative estimate of drug-likeness (QED) is 0.620. The van der Waals surface area contributed by atoms with Crippen LogP contribution in [0.1, 0.15) is 40.0 Å². The fraction of sp³-hybridized carbons (Fsp3) is 0.824. The van der Waals surface area contributed by atoms with E-state index in [1.165, 1.54) is 5.57 Å². The molecule has 0 aromatic heterocycles.